The van der Waals surface area contributed by atoms with Gasteiger partial charge in [0.05, 0.1) is 33.4 Å². The molecule has 0 amide bonds. The van der Waals surface area contributed by atoms with Crippen molar-refractivity contribution in [1.29, 1.82) is 0 Å². The molecule has 0 atom stereocenters. The molecule has 0 fully saturated rings. The molecule has 0 aliphatic heterocycles. The Morgan fingerprint density at radius 3 is 2.52 bits per heavy atom. The molecule has 6 nitrogen and oxygen atoms in total. The van der Waals surface area contributed by atoms with Gasteiger partial charge in [0, 0.05) is 6.07 Å². The van der Waals surface area contributed by atoms with E-state index in [0.717, 1.165) is 16.9 Å². The van der Waals surface area contributed by atoms with Crippen molar-refractivity contribution < 1.29 is 13.2 Å². The molecular formula is C23H22N2O4S2. The number of ether oxygens (including phenoxy) is 1. The topological polar surface area (TPSA) is 77.4 Å². The summed E-state index contributed by atoms with van der Waals surface area (Å²) in [6, 6.07) is 21.2. The number of nitrogens with one attached hydrogen (secondary N) is 1. The van der Waals surface area contributed by atoms with E-state index in [2.05, 4.69) is 4.72 Å². The molecule has 4 rings (SSSR count). The number of anilines is 1. The summed E-state index contributed by atoms with van der Waals surface area (Å²) in [5.74, 6) is 0.585. The van der Waals surface area contributed by atoms with Gasteiger partial charge >= 0.3 is 4.87 Å². The van der Waals surface area contributed by atoms with Crippen LogP contribution >= 0.6 is 11.3 Å². The Bertz CT molecular complexity index is 1370. The van der Waals surface area contributed by atoms with Gasteiger partial charge in [0.15, 0.2) is 0 Å². The van der Waals surface area contributed by atoms with Gasteiger partial charge in [-0.15, -0.1) is 0 Å². The average molecular weight is 455 g/mol. The van der Waals surface area contributed by atoms with Crippen LogP contribution in [-0.4, -0.2) is 19.1 Å². The molecular weight excluding hydrogens is 432 g/mol. The van der Waals surface area contributed by atoms with Crippen LogP contribution in [0.4, 0.5) is 5.69 Å². The molecule has 4 aromatic rings. The quantitative estimate of drug-likeness (QED) is 0.439. The summed E-state index contributed by atoms with van der Waals surface area (Å²) in [4.78, 5) is 12.5. The lowest BCUT2D eigenvalue weighted by molar-refractivity contribution is 0.242. The molecule has 0 aliphatic rings. The fourth-order valence-electron chi connectivity index (χ4n) is 3.25. The number of hydrogen-bond donors (Lipinski definition) is 1. The summed E-state index contributed by atoms with van der Waals surface area (Å²) >= 11 is 1.04. The van der Waals surface area contributed by atoms with E-state index >= 15 is 0 Å². The first-order valence-corrected chi connectivity index (χ1v) is 12.1. The molecule has 160 valence electrons. The van der Waals surface area contributed by atoms with Crippen molar-refractivity contribution in [3.8, 4) is 5.75 Å². The average Bonchev–Trinajstić information content (AvgIpc) is 3.03. The molecule has 0 bridgehead atoms. The van der Waals surface area contributed by atoms with Gasteiger partial charge in [0.2, 0.25) is 0 Å². The number of hydrogen-bond acceptors (Lipinski definition) is 5. The maximum absolute atomic E-state index is 12.9. The second-order valence-corrected chi connectivity index (χ2v) is 10.0. The lowest BCUT2D eigenvalue weighted by atomic mass is 10.2. The van der Waals surface area contributed by atoms with E-state index in [1.165, 1.54) is 6.07 Å². The monoisotopic (exact) mass is 454 g/mol. The Kier molecular flexibility index (Phi) is 5.84. The molecule has 0 saturated carbocycles. The van der Waals surface area contributed by atoms with Gasteiger partial charge in [0.25, 0.3) is 10.0 Å². The Balaban J connectivity index is 1.63. The highest BCUT2D eigenvalue weighted by Crippen LogP contribution is 2.25. The van der Waals surface area contributed by atoms with Crippen LogP contribution in [0.1, 0.15) is 19.4 Å². The van der Waals surface area contributed by atoms with Crippen LogP contribution in [0.2, 0.25) is 0 Å². The number of fused-ring (bicyclic) bond motifs is 1. The van der Waals surface area contributed by atoms with Crippen LogP contribution < -0.4 is 14.3 Å². The first-order chi connectivity index (χ1) is 14.8. The maximum atomic E-state index is 12.9. The zero-order valence-electron chi connectivity index (χ0n) is 17.1. The summed E-state index contributed by atoms with van der Waals surface area (Å²) in [7, 11) is -3.82. The van der Waals surface area contributed by atoms with Gasteiger partial charge in [-0.05, 0) is 49.7 Å². The highest BCUT2D eigenvalue weighted by molar-refractivity contribution is 7.92. The molecule has 0 radical (unpaired) electrons. The number of thiazole rings is 1. The highest BCUT2D eigenvalue weighted by atomic mass is 32.2. The van der Waals surface area contributed by atoms with Crippen molar-refractivity contribution in [2.75, 3.05) is 4.72 Å². The van der Waals surface area contributed by atoms with Crippen LogP contribution in [-0.2, 0) is 16.6 Å². The van der Waals surface area contributed by atoms with E-state index in [1.54, 1.807) is 41.0 Å². The van der Waals surface area contributed by atoms with Crippen molar-refractivity contribution in [3.63, 3.8) is 0 Å². The van der Waals surface area contributed by atoms with Crippen LogP contribution in [0, 0.1) is 0 Å². The minimum Gasteiger partial charge on any atom is -0.491 e. The van der Waals surface area contributed by atoms with Crippen LogP contribution in [0.5, 0.6) is 5.75 Å². The zero-order valence-corrected chi connectivity index (χ0v) is 18.7. The maximum Gasteiger partial charge on any atom is 0.308 e. The van der Waals surface area contributed by atoms with Crippen molar-refractivity contribution in [2.45, 2.75) is 31.4 Å². The molecule has 1 N–H and O–H groups in total. The van der Waals surface area contributed by atoms with Crippen LogP contribution in [0.25, 0.3) is 10.2 Å². The molecule has 8 heteroatoms. The van der Waals surface area contributed by atoms with Crippen LogP contribution in [0.3, 0.4) is 0 Å². The zero-order chi connectivity index (χ0) is 22.0. The van der Waals surface area contributed by atoms with E-state index < -0.39 is 10.0 Å². The third-order valence-electron chi connectivity index (χ3n) is 4.59. The largest absolute Gasteiger partial charge is 0.491 e. The summed E-state index contributed by atoms with van der Waals surface area (Å²) in [5.41, 5.74) is 2.13. The predicted octanol–water partition coefficient (Wildman–Crippen LogP) is 4.70. The summed E-state index contributed by atoms with van der Waals surface area (Å²) in [6.45, 7) is 4.25. The van der Waals surface area contributed by atoms with Gasteiger partial charge in [-0.3, -0.25) is 14.1 Å². The van der Waals surface area contributed by atoms with E-state index in [-0.39, 0.29) is 15.9 Å². The second kappa shape index (κ2) is 8.56. The summed E-state index contributed by atoms with van der Waals surface area (Å²) < 4.78 is 36.4. The molecule has 0 spiro atoms. The molecule has 0 aliphatic carbocycles. The van der Waals surface area contributed by atoms with Crippen molar-refractivity contribution >= 4 is 37.3 Å². The Morgan fingerprint density at radius 2 is 1.77 bits per heavy atom. The van der Waals surface area contributed by atoms with E-state index in [1.807, 2.05) is 44.2 Å². The second-order valence-electron chi connectivity index (χ2n) is 7.37. The number of benzene rings is 3. The minimum atomic E-state index is -3.82. The summed E-state index contributed by atoms with van der Waals surface area (Å²) in [6.07, 6.45) is -0.0167. The Hall–Kier alpha value is -3.10. The van der Waals surface area contributed by atoms with Crippen LogP contribution in [0.15, 0.2) is 82.5 Å². The van der Waals surface area contributed by atoms with Gasteiger partial charge < -0.3 is 4.74 Å². The highest BCUT2D eigenvalue weighted by Gasteiger charge is 2.17. The first kappa shape index (κ1) is 21.1. The third kappa shape index (κ3) is 4.81. The number of rotatable bonds is 7. The summed E-state index contributed by atoms with van der Waals surface area (Å²) in [5, 5.41) is 0. The smallest absolute Gasteiger partial charge is 0.308 e. The van der Waals surface area contributed by atoms with Crippen molar-refractivity contribution in [1.82, 2.24) is 4.57 Å². The van der Waals surface area contributed by atoms with Gasteiger partial charge in [-0.25, -0.2) is 8.42 Å². The Labute approximate surface area is 184 Å². The van der Waals surface area contributed by atoms with E-state index in [0.29, 0.717) is 28.2 Å². The standard InChI is InChI=1S/C23H22N2O4S2/c1-16(2)29-19-10-6-9-18(13-19)24-31(27,28)20-11-12-21-22(14-20)30-23(26)25(21)15-17-7-4-3-5-8-17/h3-14,16,24H,15H2,1-2H3. The predicted molar refractivity (Wildman–Crippen MR) is 125 cm³/mol. The molecule has 1 heterocycles. The van der Waals surface area contributed by atoms with Crippen molar-refractivity contribution in [3.05, 3.63) is 88.0 Å². The fraction of sp³-hybridized carbons (Fsp3) is 0.174. The third-order valence-corrected chi connectivity index (χ3v) is 6.91. The Morgan fingerprint density at radius 1 is 1.00 bits per heavy atom. The van der Waals surface area contributed by atoms with Gasteiger partial charge in [-0.2, -0.15) is 0 Å². The lowest BCUT2D eigenvalue weighted by Gasteiger charge is -2.12. The van der Waals surface area contributed by atoms with Gasteiger partial charge in [0.1, 0.15) is 5.75 Å². The fourth-order valence-corrected chi connectivity index (χ4v) is 5.33. The van der Waals surface area contributed by atoms with Gasteiger partial charge in [-0.1, -0.05) is 47.7 Å². The number of sulfonamides is 1. The molecule has 3 aromatic carbocycles. The first-order valence-electron chi connectivity index (χ1n) is 9.79. The van der Waals surface area contributed by atoms with Crippen molar-refractivity contribution in [2.24, 2.45) is 0 Å². The molecule has 1 aromatic heterocycles. The minimum absolute atomic E-state index is 0.0167. The lowest BCUT2D eigenvalue weighted by Crippen LogP contribution is -2.14. The normalized spacial score (nSPS) is 11.7. The number of nitrogens with zero attached hydrogens (tertiary/aromatic N) is 1. The molecule has 0 saturated heterocycles. The molecule has 31 heavy (non-hydrogen) atoms. The van der Waals surface area contributed by atoms with E-state index in [4.69, 9.17) is 4.74 Å². The van der Waals surface area contributed by atoms with E-state index in [9.17, 15) is 13.2 Å². The molecule has 0 unspecified atom stereocenters. The number of aromatic nitrogens is 1. The SMILES string of the molecule is CC(C)Oc1cccc(NS(=O)(=O)c2ccc3c(c2)sc(=O)n3Cc2ccccc2)c1.